The maximum atomic E-state index is 10.7. The fourth-order valence-corrected chi connectivity index (χ4v) is 2.70. The molecule has 3 rings (SSSR count). The summed E-state index contributed by atoms with van der Waals surface area (Å²) >= 11 is 0. The average Bonchev–Trinajstić information content (AvgIpc) is 2.87. The molecule has 0 amide bonds. The van der Waals surface area contributed by atoms with Gasteiger partial charge in [-0.1, -0.05) is 60.7 Å². The molecule has 0 aliphatic carbocycles. The SMILES string of the molecule is CC1CC(OCc2ccccc2)C(O)(OCc2ccccc2)O1. The van der Waals surface area contributed by atoms with Gasteiger partial charge >= 0.3 is 5.97 Å². The molecule has 3 atom stereocenters. The minimum absolute atomic E-state index is 0.114. The van der Waals surface area contributed by atoms with E-state index in [0.717, 1.165) is 11.1 Å². The van der Waals surface area contributed by atoms with Gasteiger partial charge in [-0.2, -0.15) is 0 Å². The molecule has 0 spiro atoms. The molecule has 0 radical (unpaired) electrons. The Hall–Kier alpha value is -1.72. The number of hydrogen-bond acceptors (Lipinski definition) is 4. The Morgan fingerprint density at radius 3 is 2.17 bits per heavy atom. The Kier molecular flexibility index (Phi) is 5.08. The number of hydrogen-bond donors (Lipinski definition) is 1. The number of ether oxygens (including phenoxy) is 3. The van der Waals surface area contributed by atoms with Crippen molar-refractivity contribution in [3.63, 3.8) is 0 Å². The van der Waals surface area contributed by atoms with Crippen LogP contribution in [0.1, 0.15) is 24.5 Å². The van der Waals surface area contributed by atoms with Gasteiger partial charge in [0.25, 0.3) is 0 Å². The molecule has 1 saturated heterocycles. The van der Waals surface area contributed by atoms with Crippen molar-refractivity contribution in [2.45, 2.75) is 44.7 Å². The highest BCUT2D eigenvalue weighted by Crippen LogP contribution is 2.33. The lowest BCUT2D eigenvalue weighted by Crippen LogP contribution is -2.43. The van der Waals surface area contributed by atoms with E-state index in [-0.39, 0.29) is 12.7 Å². The third kappa shape index (κ3) is 4.18. The molecule has 2 aromatic carbocycles. The maximum Gasteiger partial charge on any atom is 0.309 e. The molecule has 4 heteroatoms. The van der Waals surface area contributed by atoms with Crippen molar-refractivity contribution in [3.8, 4) is 0 Å². The van der Waals surface area contributed by atoms with Crippen LogP contribution in [0.25, 0.3) is 0 Å². The first kappa shape index (κ1) is 16.1. The molecule has 0 saturated carbocycles. The van der Waals surface area contributed by atoms with Gasteiger partial charge in [0.05, 0.1) is 19.3 Å². The molecule has 3 unspecified atom stereocenters. The molecule has 0 bridgehead atoms. The monoisotopic (exact) mass is 314 g/mol. The summed E-state index contributed by atoms with van der Waals surface area (Å²) in [6.45, 7) is 2.59. The summed E-state index contributed by atoms with van der Waals surface area (Å²) in [7, 11) is 0. The number of aliphatic hydroxyl groups is 1. The molecule has 0 aromatic heterocycles. The molecule has 122 valence electrons. The molecule has 1 heterocycles. The van der Waals surface area contributed by atoms with Gasteiger partial charge in [-0.05, 0) is 18.1 Å². The van der Waals surface area contributed by atoms with Gasteiger partial charge in [0.1, 0.15) is 6.10 Å². The highest BCUT2D eigenvalue weighted by Gasteiger charge is 2.48. The molecule has 1 aliphatic heterocycles. The van der Waals surface area contributed by atoms with Gasteiger partial charge in [0, 0.05) is 6.42 Å². The Morgan fingerprint density at radius 1 is 1.00 bits per heavy atom. The van der Waals surface area contributed by atoms with E-state index in [2.05, 4.69) is 0 Å². The Bertz CT molecular complexity index is 601. The van der Waals surface area contributed by atoms with E-state index in [1.54, 1.807) is 0 Å². The second-order valence-electron chi connectivity index (χ2n) is 5.85. The van der Waals surface area contributed by atoms with Crippen LogP contribution in [-0.2, 0) is 27.4 Å². The van der Waals surface area contributed by atoms with Crippen LogP contribution < -0.4 is 0 Å². The largest absolute Gasteiger partial charge is 0.365 e. The van der Waals surface area contributed by atoms with Gasteiger partial charge in [0.15, 0.2) is 0 Å². The zero-order valence-corrected chi connectivity index (χ0v) is 13.2. The first-order valence-corrected chi connectivity index (χ1v) is 7.89. The standard InChI is InChI=1S/C19H22O4/c1-15-12-18(21-13-16-8-4-2-5-9-16)19(20,23-15)22-14-17-10-6-3-7-11-17/h2-11,15,18,20H,12-14H2,1H3. The lowest BCUT2D eigenvalue weighted by atomic mass is 10.2. The summed E-state index contributed by atoms with van der Waals surface area (Å²) in [6.07, 6.45) is -0.0315. The lowest BCUT2D eigenvalue weighted by Gasteiger charge is -2.28. The van der Waals surface area contributed by atoms with Crippen LogP contribution in [0.3, 0.4) is 0 Å². The van der Waals surface area contributed by atoms with Gasteiger partial charge in [-0.25, -0.2) is 0 Å². The van der Waals surface area contributed by atoms with E-state index in [1.165, 1.54) is 0 Å². The summed E-state index contributed by atoms with van der Waals surface area (Å²) < 4.78 is 17.1. The van der Waals surface area contributed by atoms with E-state index >= 15 is 0 Å². The Labute approximate surface area is 136 Å². The third-order valence-electron chi connectivity index (χ3n) is 3.91. The predicted molar refractivity (Wildman–Crippen MR) is 86.4 cm³/mol. The molecule has 1 aliphatic rings. The third-order valence-corrected chi connectivity index (χ3v) is 3.91. The van der Waals surface area contributed by atoms with Crippen molar-refractivity contribution >= 4 is 0 Å². The smallest absolute Gasteiger partial charge is 0.309 e. The van der Waals surface area contributed by atoms with Crippen molar-refractivity contribution in [3.05, 3.63) is 71.8 Å². The van der Waals surface area contributed by atoms with Crippen molar-refractivity contribution in [1.29, 1.82) is 0 Å². The minimum Gasteiger partial charge on any atom is -0.365 e. The summed E-state index contributed by atoms with van der Waals surface area (Å²) in [6, 6.07) is 19.6. The second-order valence-corrected chi connectivity index (χ2v) is 5.85. The van der Waals surface area contributed by atoms with E-state index in [9.17, 15) is 5.11 Å². The minimum atomic E-state index is -1.70. The fourth-order valence-electron chi connectivity index (χ4n) is 2.70. The normalized spacial score (nSPS) is 27.2. The topological polar surface area (TPSA) is 47.9 Å². The Balaban J connectivity index is 1.61. The Morgan fingerprint density at radius 2 is 1.57 bits per heavy atom. The molecule has 1 fully saturated rings. The first-order valence-electron chi connectivity index (χ1n) is 7.89. The van der Waals surface area contributed by atoms with Crippen LogP contribution in [0.2, 0.25) is 0 Å². The van der Waals surface area contributed by atoms with Gasteiger partial charge < -0.3 is 19.3 Å². The van der Waals surface area contributed by atoms with Crippen LogP contribution >= 0.6 is 0 Å². The summed E-state index contributed by atoms with van der Waals surface area (Å²) in [5.74, 6) is -1.70. The quantitative estimate of drug-likeness (QED) is 0.832. The number of rotatable bonds is 6. The number of benzene rings is 2. The first-order chi connectivity index (χ1) is 11.2. The molecule has 4 nitrogen and oxygen atoms in total. The summed E-state index contributed by atoms with van der Waals surface area (Å²) in [5.41, 5.74) is 2.03. The van der Waals surface area contributed by atoms with Gasteiger partial charge in [0.2, 0.25) is 0 Å². The average molecular weight is 314 g/mol. The molecule has 1 N–H and O–H groups in total. The van der Waals surface area contributed by atoms with E-state index in [4.69, 9.17) is 14.2 Å². The molecular weight excluding hydrogens is 292 g/mol. The zero-order valence-electron chi connectivity index (χ0n) is 13.2. The molecule has 23 heavy (non-hydrogen) atoms. The van der Waals surface area contributed by atoms with E-state index in [0.29, 0.717) is 13.0 Å². The maximum absolute atomic E-state index is 10.7. The van der Waals surface area contributed by atoms with Gasteiger partial charge in [-0.3, -0.25) is 0 Å². The van der Waals surface area contributed by atoms with E-state index in [1.807, 2.05) is 67.6 Å². The second kappa shape index (κ2) is 7.23. The van der Waals surface area contributed by atoms with Crippen molar-refractivity contribution in [2.24, 2.45) is 0 Å². The van der Waals surface area contributed by atoms with Crippen LogP contribution in [0.4, 0.5) is 0 Å². The van der Waals surface area contributed by atoms with Crippen LogP contribution in [0.5, 0.6) is 0 Å². The van der Waals surface area contributed by atoms with Crippen molar-refractivity contribution < 1.29 is 19.3 Å². The van der Waals surface area contributed by atoms with Crippen LogP contribution in [0, 0.1) is 0 Å². The van der Waals surface area contributed by atoms with E-state index < -0.39 is 12.1 Å². The molecular formula is C19H22O4. The van der Waals surface area contributed by atoms with Crippen molar-refractivity contribution in [1.82, 2.24) is 0 Å². The fraction of sp³-hybridized carbons (Fsp3) is 0.368. The molecule has 2 aromatic rings. The van der Waals surface area contributed by atoms with Crippen LogP contribution in [-0.4, -0.2) is 23.3 Å². The zero-order chi connectivity index (χ0) is 16.1. The van der Waals surface area contributed by atoms with Crippen molar-refractivity contribution in [2.75, 3.05) is 0 Å². The highest BCUT2D eigenvalue weighted by molar-refractivity contribution is 5.14. The summed E-state index contributed by atoms with van der Waals surface area (Å²) in [5, 5.41) is 10.7. The van der Waals surface area contributed by atoms with Gasteiger partial charge in [-0.15, -0.1) is 0 Å². The lowest BCUT2D eigenvalue weighted by molar-refractivity contribution is -0.384. The predicted octanol–water partition coefficient (Wildman–Crippen LogP) is 3.24. The summed E-state index contributed by atoms with van der Waals surface area (Å²) in [4.78, 5) is 0. The highest BCUT2D eigenvalue weighted by atomic mass is 16.8. The van der Waals surface area contributed by atoms with Crippen LogP contribution in [0.15, 0.2) is 60.7 Å².